The number of halogens is 2. The Balaban J connectivity index is 3.37. The second kappa shape index (κ2) is 3.71. The summed E-state index contributed by atoms with van der Waals surface area (Å²) in [5, 5.41) is 0. The van der Waals surface area contributed by atoms with Gasteiger partial charge >= 0.3 is 0 Å². The van der Waals surface area contributed by atoms with Crippen LogP contribution in [0.2, 0.25) is 0 Å². The average molecular weight is 242 g/mol. The molecule has 0 aliphatic heterocycles. The monoisotopic (exact) mass is 241 g/mol. The third kappa shape index (κ3) is 2.47. The van der Waals surface area contributed by atoms with Gasteiger partial charge < -0.3 is 0 Å². The van der Waals surface area contributed by atoms with E-state index in [1.807, 2.05) is 0 Å². The minimum atomic E-state index is -4.29. The van der Waals surface area contributed by atoms with E-state index >= 15 is 0 Å². The van der Waals surface area contributed by atoms with Gasteiger partial charge in [0.15, 0.2) is 0 Å². The van der Waals surface area contributed by atoms with Crippen LogP contribution in [0.3, 0.4) is 0 Å². The minimum absolute atomic E-state index is 0.00772. The largest absolute Gasteiger partial charge is 0.296 e. The van der Waals surface area contributed by atoms with Gasteiger partial charge in [0.2, 0.25) is 0 Å². The van der Waals surface area contributed by atoms with Gasteiger partial charge in [0.25, 0.3) is 10.1 Å². The normalized spacial score (nSPS) is 11.3. The van der Waals surface area contributed by atoms with E-state index in [0.717, 1.165) is 0 Å². The molecule has 0 saturated heterocycles. The number of anilines is 1. The number of rotatable bonds is 2. The molecule has 1 N–H and O–H groups in total. The molecule has 0 aliphatic carbocycles. The van der Waals surface area contributed by atoms with E-state index in [2.05, 4.69) is 0 Å². The van der Waals surface area contributed by atoms with Gasteiger partial charge in [0, 0.05) is 23.6 Å². The number of nitrogens with zero attached hydrogens (tertiary/aromatic N) is 1. The molecule has 0 unspecified atom stereocenters. The Hall–Kier alpha value is -0.490. The molecule has 0 fully saturated rings. The maximum Gasteiger partial charge on any atom is 0.296 e. The van der Waals surface area contributed by atoms with Gasteiger partial charge in [0.05, 0.1) is 5.69 Å². The zero-order valence-electron chi connectivity index (χ0n) is 6.18. The van der Waals surface area contributed by atoms with E-state index in [1.165, 1.54) is 18.2 Å². The average Bonchev–Trinajstić information content (AvgIpc) is 2.03. The number of benzene rings is 1. The highest BCUT2D eigenvalue weighted by molar-refractivity contribution is 7.86. The molecule has 0 aromatic heterocycles. The van der Waals surface area contributed by atoms with Crippen molar-refractivity contribution >= 4 is 39.4 Å². The summed E-state index contributed by atoms with van der Waals surface area (Å²) in [6.07, 6.45) is 0. The van der Waals surface area contributed by atoms with Crippen LogP contribution in [0, 0.1) is 0 Å². The Labute approximate surface area is 85.6 Å². The smallest absolute Gasteiger partial charge is 0.282 e. The van der Waals surface area contributed by atoms with Crippen LogP contribution in [-0.2, 0) is 10.1 Å². The summed E-state index contributed by atoms with van der Waals surface area (Å²) in [5.74, 6) is 0. The molecule has 1 aromatic rings. The van der Waals surface area contributed by atoms with Gasteiger partial charge in [-0.2, -0.15) is 12.4 Å². The van der Waals surface area contributed by atoms with Crippen molar-refractivity contribution < 1.29 is 13.0 Å². The fraction of sp³-hybridized carbons (Fsp3) is 0. The quantitative estimate of drug-likeness (QED) is 0.636. The molecule has 13 heavy (non-hydrogen) atoms. The molecule has 0 atom stereocenters. The Kier molecular flexibility index (Phi) is 3.02. The van der Waals surface area contributed by atoms with Gasteiger partial charge in [-0.05, 0) is 12.1 Å². The van der Waals surface area contributed by atoms with Crippen molar-refractivity contribution in [3.63, 3.8) is 0 Å². The fourth-order valence-corrected chi connectivity index (χ4v) is 1.88. The molecule has 1 aromatic carbocycles. The summed E-state index contributed by atoms with van der Waals surface area (Å²) in [5.41, 5.74) is 0.00772. The molecule has 0 radical (unpaired) electrons. The predicted octanol–water partition coefficient (Wildman–Crippen LogP) is 2.05. The maximum absolute atomic E-state index is 10.8. The summed E-state index contributed by atoms with van der Waals surface area (Å²) >= 11 is 10.7. The van der Waals surface area contributed by atoms with Crippen molar-refractivity contribution in [1.82, 2.24) is 0 Å². The lowest BCUT2D eigenvalue weighted by molar-refractivity contribution is 0.483. The highest BCUT2D eigenvalue weighted by Crippen LogP contribution is 2.27. The highest BCUT2D eigenvalue weighted by atomic mass is 35.5. The SMILES string of the molecule is O=S(=O)(O)c1ccccc1N(Cl)Cl. The lowest BCUT2D eigenvalue weighted by Gasteiger charge is -2.08. The van der Waals surface area contributed by atoms with E-state index < -0.39 is 10.1 Å². The van der Waals surface area contributed by atoms with Crippen LogP contribution < -0.4 is 3.94 Å². The van der Waals surface area contributed by atoms with Crippen LogP contribution in [-0.4, -0.2) is 13.0 Å². The summed E-state index contributed by atoms with van der Waals surface area (Å²) in [7, 11) is -4.29. The molecule has 0 heterocycles. The first-order valence-electron chi connectivity index (χ1n) is 3.11. The molecule has 0 amide bonds. The van der Waals surface area contributed by atoms with Gasteiger partial charge in [0.1, 0.15) is 4.90 Å². The summed E-state index contributed by atoms with van der Waals surface area (Å²) in [4.78, 5) is -0.333. The first-order chi connectivity index (χ1) is 5.93. The molecular weight excluding hydrogens is 237 g/mol. The predicted molar refractivity (Wildman–Crippen MR) is 50.4 cm³/mol. The van der Waals surface area contributed by atoms with Crippen LogP contribution in [0.25, 0.3) is 0 Å². The summed E-state index contributed by atoms with van der Waals surface area (Å²) < 4.78 is 30.9. The second-order valence-electron chi connectivity index (χ2n) is 2.18. The number of hydrogen-bond donors (Lipinski definition) is 1. The van der Waals surface area contributed by atoms with Crippen LogP contribution in [0.4, 0.5) is 5.69 Å². The molecule has 0 spiro atoms. The lowest BCUT2D eigenvalue weighted by Crippen LogP contribution is -2.04. The van der Waals surface area contributed by atoms with Crippen molar-refractivity contribution in [2.75, 3.05) is 3.94 Å². The topological polar surface area (TPSA) is 57.6 Å². The number of hydrogen-bond acceptors (Lipinski definition) is 3. The Morgan fingerprint density at radius 2 is 1.77 bits per heavy atom. The Morgan fingerprint density at radius 3 is 2.15 bits per heavy atom. The standard InChI is InChI=1S/C6H5Cl2NO3S/c7-9(8)5-3-1-2-4-6(5)13(10,11)12/h1-4H,(H,10,11,12). The lowest BCUT2D eigenvalue weighted by atomic mass is 10.3. The van der Waals surface area contributed by atoms with E-state index in [0.29, 0.717) is 3.94 Å². The second-order valence-corrected chi connectivity index (χ2v) is 4.41. The van der Waals surface area contributed by atoms with Gasteiger partial charge in [-0.3, -0.25) is 4.55 Å². The first-order valence-corrected chi connectivity index (χ1v) is 5.23. The van der Waals surface area contributed by atoms with Crippen molar-refractivity contribution in [3.8, 4) is 0 Å². The van der Waals surface area contributed by atoms with Crippen LogP contribution in [0.1, 0.15) is 0 Å². The molecule has 1 rings (SSSR count). The van der Waals surface area contributed by atoms with Crippen LogP contribution in [0.15, 0.2) is 29.2 Å². The van der Waals surface area contributed by atoms with Crippen molar-refractivity contribution in [2.45, 2.75) is 4.90 Å². The van der Waals surface area contributed by atoms with Crippen LogP contribution >= 0.6 is 23.6 Å². The fourth-order valence-electron chi connectivity index (χ4n) is 0.815. The Morgan fingerprint density at radius 1 is 1.23 bits per heavy atom. The molecule has 72 valence electrons. The minimum Gasteiger partial charge on any atom is -0.282 e. The van der Waals surface area contributed by atoms with E-state index in [1.54, 1.807) is 6.07 Å². The van der Waals surface area contributed by atoms with E-state index in [4.69, 9.17) is 28.1 Å². The summed E-state index contributed by atoms with van der Waals surface area (Å²) in [6.45, 7) is 0. The first kappa shape index (κ1) is 10.6. The maximum atomic E-state index is 10.8. The molecule has 0 aliphatic rings. The third-order valence-corrected chi connectivity index (χ3v) is 2.59. The van der Waals surface area contributed by atoms with Crippen molar-refractivity contribution in [2.24, 2.45) is 0 Å². The molecule has 0 saturated carbocycles. The van der Waals surface area contributed by atoms with E-state index in [-0.39, 0.29) is 10.6 Å². The zero-order chi connectivity index (χ0) is 10.1. The van der Waals surface area contributed by atoms with Crippen LogP contribution in [0.5, 0.6) is 0 Å². The molecule has 0 bridgehead atoms. The molecular formula is C6H5Cl2NO3S. The van der Waals surface area contributed by atoms with Gasteiger partial charge in [-0.15, -0.1) is 0 Å². The highest BCUT2D eigenvalue weighted by Gasteiger charge is 2.17. The van der Waals surface area contributed by atoms with Gasteiger partial charge in [-0.1, -0.05) is 12.1 Å². The van der Waals surface area contributed by atoms with Gasteiger partial charge in [-0.25, -0.2) is 0 Å². The van der Waals surface area contributed by atoms with E-state index in [9.17, 15) is 8.42 Å². The number of para-hydroxylation sites is 1. The molecule has 4 nitrogen and oxygen atoms in total. The zero-order valence-corrected chi connectivity index (χ0v) is 8.51. The van der Waals surface area contributed by atoms with Crippen molar-refractivity contribution in [3.05, 3.63) is 24.3 Å². The third-order valence-electron chi connectivity index (χ3n) is 1.33. The van der Waals surface area contributed by atoms with Crippen molar-refractivity contribution in [1.29, 1.82) is 0 Å². The molecule has 7 heteroatoms. The Bertz CT molecular complexity index is 404. The summed E-state index contributed by atoms with van der Waals surface area (Å²) in [6, 6.07) is 5.55.